The van der Waals surface area contributed by atoms with Crippen LogP contribution in [0, 0.1) is 0 Å². The van der Waals surface area contributed by atoms with Gasteiger partial charge in [-0.15, -0.1) is 0 Å². The SMILES string of the molecule is CC(=O)OCc1c(-c2cc(Nc3ccc(C4CNC4)cn3)c(=O)n(C)c2)cccc1N1CCn2c(cc3c2CCCC3)C1=O. The van der Waals surface area contributed by atoms with Crippen molar-refractivity contribution in [3.05, 3.63) is 93.3 Å². The Morgan fingerprint density at radius 2 is 1.93 bits per heavy atom. The molecule has 2 aliphatic heterocycles. The molecular weight excluding hydrogens is 556 g/mol. The number of ether oxygens (including phenoxy) is 1. The van der Waals surface area contributed by atoms with Crippen molar-refractivity contribution >= 4 is 29.1 Å². The first-order valence-electron chi connectivity index (χ1n) is 15.3. The molecule has 0 unspecified atom stereocenters. The fraction of sp³-hybridized carbons (Fsp3) is 0.353. The van der Waals surface area contributed by atoms with Crippen molar-refractivity contribution in [2.75, 3.05) is 29.9 Å². The Balaban J connectivity index is 1.25. The Morgan fingerprint density at radius 1 is 1.09 bits per heavy atom. The molecule has 0 spiro atoms. The maximum absolute atomic E-state index is 13.9. The van der Waals surface area contributed by atoms with Gasteiger partial charge in [0.2, 0.25) is 0 Å². The molecule has 226 valence electrons. The van der Waals surface area contributed by atoms with Crippen LogP contribution in [0.1, 0.15) is 58.6 Å². The molecule has 2 N–H and O–H groups in total. The van der Waals surface area contributed by atoms with Crippen molar-refractivity contribution in [3.8, 4) is 11.1 Å². The van der Waals surface area contributed by atoms with Crippen LogP contribution in [0.4, 0.5) is 17.2 Å². The number of esters is 1. The van der Waals surface area contributed by atoms with Gasteiger partial charge in [-0.1, -0.05) is 18.2 Å². The zero-order chi connectivity index (χ0) is 30.4. The van der Waals surface area contributed by atoms with E-state index in [1.165, 1.54) is 28.3 Å². The maximum atomic E-state index is 13.9. The molecule has 0 radical (unpaired) electrons. The molecule has 0 bridgehead atoms. The number of carbonyl (C=O) groups excluding carboxylic acids is 2. The van der Waals surface area contributed by atoms with E-state index in [9.17, 15) is 14.4 Å². The van der Waals surface area contributed by atoms with Crippen LogP contribution < -0.4 is 21.1 Å². The molecule has 10 nitrogen and oxygen atoms in total. The molecule has 5 heterocycles. The number of hydrogen-bond donors (Lipinski definition) is 2. The van der Waals surface area contributed by atoms with Crippen LogP contribution in [0.2, 0.25) is 0 Å². The molecule has 10 heteroatoms. The second-order valence-electron chi connectivity index (χ2n) is 11.9. The van der Waals surface area contributed by atoms with Gasteiger partial charge in [0.05, 0.1) is 5.69 Å². The third-order valence-electron chi connectivity index (χ3n) is 9.08. The Morgan fingerprint density at radius 3 is 2.68 bits per heavy atom. The number of benzene rings is 1. The summed E-state index contributed by atoms with van der Waals surface area (Å²) in [5.74, 6) is 0.583. The van der Waals surface area contributed by atoms with Crippen molar-refractivity contribution in [2.45, 2.75) is 51.7 Å². The second-order valence-corrected chi connectivity index (χ2v) is 11.9. The molecule has 1 fully saturated rings. The zero-order valence-electron chi connectivity index (χ0n) is 25.1. The van der Waals surface area contributed by atoms with E-state index in [2.05, 4.69) is 26.3 Å². The van der Waals surface area contributed by atoms with E-state index in [0.717, 1.165) is 49.9 Å². The van der Waals surface area contributed by atoms with Crippen molar-refractivity contribution in [1.29, 1.82) is 0 Å². The van der Waals surface area contributed by atoms with Crippen molar-refractivity contribution in [1.82, 2.24) is 19.4 Å². The van der Waals surface area contributed by atoms with Gasteiger partial charge in [0.15, 0.2) is 0 Å². The van der Waals surface area contributed by atoms with E-state index >= 15 is 0 Å². The van der Waals surface area contributed by atoms with E-state index in [-0.39, 0.29) is 18.1 Å². The van der Waals surface area contributed by atoms with Crippen molar-refractivity contribution < 1.29 is 14.3 Å². The third-order valence-corrected chi connectivity index (χ3v) is 9.08. The van der Waals surface area contributed by atoms with E-state index in [4.69, 9.17) is 4.74 Å². The maximum Gasteiger partial charge on any atom is 0.302 e. The molecule has 3 aliphatic rings. The molecule has 3 aromatic heterocycles. The highest BCUT2D eigenvalue weighted by atomic mass is 16.5. The van der Waals surface area contributed by atoms with E-state index in [1.807, 2.05) is 36.5 Å². The number of pyridine rings is 2. The van der Waals surface area contributed by atoms with Gasteiger partial charge in [0, 0.05) is 75.3 Å². The molecule has 1 saturated heterocycles. The molecule has 7 rings (SSSR count). The fourth-order valence-electron chi connectivity index (χ4n) is 6.62. The molecule has 44 heavy (non-hydrogen) atoms. The quantitative estimate of drug-likeness (QED) is 0.308. The van der Waals surface area contributed by atoms with Gasteiger partial charge in [-0.05, 0) is 66.6 Å². The number of hydrogen-bond acceptors (Lipinski definition) is 7. The van der Waals surface area contributed by atoms with E-state index in [1.54, 1.807) is 24.2 Å². The normalized spacial score (nSPS) is 16.2. The van der Waals surface area contributed by atoms with Crippen LogP contribution in [0.3, 0.4) is 0 Å². The first-order valence-corrected chi connectivity index (χ1v) is 15.3. The van der Waals surface area contributed by atoms with Gasteiger partial charge in [0.25, 0.3) is 11.5 Å². The monoisotopic (exact) mass is 592 g/mol. The predicted octanol–water partition coefficient (Wildman–Crippen LogP) is 4.28. The van der Waals surface area contributed by atoms with Crippen LogP contribution >= 0.6 is 0 Å². The average Bonchev–Trinajstić information content (AvgIpc) is 3.38. The standard InChI is InChI=1S/C34H36N6O4/c1-21(41)44-20-27-26(7-5-9-30(27)40-13-12-39-29-8-4-3-6-22(29)15-31(39)34(40)43)24-14-28(33(42)38(2)19-24)37-32-11-10-23(18-36-32)25-16-35-17-25/h5,7,9-11,14-15,18-19,25,35H,3-4,6,8,12-13,16-17,20H2,1-2H3,(H,36,37). The topological polar surface area (TPSA) is 110 Å². The summed E-state index contributed by atoms with van der Waals surface area (Å²) in [5, 5.41) is 6.48. The Bertz CT molecular complexity index is 1820. The minimum Gasteiger partial charge on any atom is -0.461 e. The summed E-state index contributed by atoms with van der Waals surface area (Å²) < 4.78 is 9.25. The predicted molar refractivity (Wildman–Crippen MR) is 168 cm³/mol. The van der Waals surface area contributed by atoms with Crippen molar-refractivity contribution in [2.24, 2.45) is 7.05 Å². The molecule has 1 aromatic carbocycles. The van der Waals surface area contributed by atoms with Gasteiger partial charge in [0.1, 0.15) is 23.8 Å². The highest BCUT2D eigenvalue weighted by molar-refractivity contribution is 6.07. The van der Waals surface area contributed by atoms with Crippen molar-refractivity contribution in [3.63, 3.8) is 0 Å². The summed E-state index contributed by atoms with van der Waals surface area (Å²) in [5.41, 5.74) is 7.57. The number of nitrogens with one attached hydrogen (secondary N) is 2. The molecule has 1 amide bonds. The lowest BCUT2D eigenvalue weighted by molar-refractivity contribution is -0.142. The number of aromatic nitrogens is 3. The lowest BCUT2D eigenvalue weighted by atomic mass is 9.95. The molecule has 4 aromatic rings. The number of aryl methyl sites for hydroxylation is 2. The van der Waals surface area contributed by atoms with Crippen LogP contribution in [0.15, 0.2) is 59.7 Å². The Hall–Kier alpha value is -4.70. The molecular formula is C34H36N6O4. The summed E-state index contributed by atoms with van der Waals surface area (Å²) >= 11 is 0. The number of carbonyl (C=O) groups is 2. The number of nitrogens with zero attached hydrogens (tertiary/aromatic N) is 4. The van der Waals surface area contributed by atoms with Crippen LogP contribution in [0.25, 0.3) is 11.1 Å². The first kappa shape index (κ1) is 28.1. The summed E-state index contributed by atoms with van der Waals surface area (Å²) in [6.45, 7) is 4.49. The summed E-state index contributed by atoms with van der Waals surface area (Å²) in [7, 11) is 1.71. The number of amides is 1. The number of anilines is 3. The lowest BCUT2D eigenvalue weighted by Crippen LogP contribution is -2.41. The fourth-order valence-corrected chi connectivity index (χ4v) is 6.62. The zero-order valence-corrected chi connectivity index (χ0v) is 25.1. The van der Waals surface area contributed by atoms with Gasteiger partial charge >= 0.3 is 5.97 Å². The third kappa shape index (κ3) is 5.09. The van der Waals surface area contributed by atoms with Gasteiger partial charge < -0.3 is 29.4 Å². The molecule has 0 atom stereocenters. The van der Waals surface area contributed by atoms with Crippen LogP contribution in [-0.2, 0) is 42.6 Å². The number of rotatable bonds is 7. The highest BCUT2D eigenvalue weighted by Crippen LogP contribution is 2.36. The lowest BCUT2D eigenvalue weighted by Gasteiger charge is -2.32. The summed E-state index contributed by atoms with van der Waals surface area (Å²) in [6, 6.07) is 13.5. The minimum atomic E-state index is -0.410. The van der Waals surface area contributed by atoms with Crippen LogP contribution in [-0.4, -0.2) is 45.6 Å². The molecule has 0 saturated carbocycles. The van der Waals surface area contributed by atoms with Gasteiger partial charge in [-0.25, -0.2) is 4.98 Å². The highest BCUT2D eigenvalue weighted by Gasteiger charge is 2.32. The molecule has 1 aliphatic carbocycles. The Labute approximate surface area is 255 Å². The van der Waals surface area contributed by atoms with E-state index in [0.29, 0.717) is 47.5 Å². The first-order chi connectivity index (χ1) is 21.4. The smallest absolute Gasteiger partial charge is 0.302 e. The second kappa shape index (κ2) is 11.4. The van der Waals surface area contributed by atoms with Gasteiger partial charge in [-0.3, -0.25) is 14.4 Å². The van der Waals surface area contributed by atoms with Gasteiger partial charge in [-0.2, -0.15) is 0 Å². The largest absolute Gasteiger partial charge is 0.461 e. The number of fused-ring (bicyclic) bond motifs is 3. The minimum absolute atomic E-state index is 0.00717. The Kier molecular flexibility index (Phi) is 7.29. The van der Waals surface area contributed by atoms with E-state index < -0.39 is 5.97 Å². The van der Waals surface area contributed by atoms with Crippen LogP contribution in [0.5, 0.6) is 0 Å². The average molecular weight is 593 g/mol. The summed E-state index contributed by atoms with van der Waals surface area (Å²) in [4.78, 5) is 45.5. The summed E-state index contributed by atoms with van der Waals surface area (Å²) in [6.07, 6.45) is 7.94.